The molecule has 0 heterocycles. The first-order valence-electron chi connectivity index (χ1n) is 3.24. The van der Waals surface area contributed by atoms with Crippen molar-refractivity contribution < 1.29 is 14.3 Å². The van der Waals surface area contributed by atoms with Crippen molar-refractivity contribution in [2.24, 2.45) is 5.73 Å². The second-order valence-corrected chi connectivity index (χ2v) is 1.65. The second-order valence-electron chi connectivity index (χ2n) is 1.65. The minimum absolute atomic E-state index is 0.0243. The van der Waals surface area contributed by atoms with E-state index in [4.69, 9.17) is 10.5 Å². The van der Waals surface area contributed by atoms with Crippen LogP contribution in [0.1, 0.15) is 6.92 Å². The SMILES string of the molecule is CCOCC(=O)OCCN. The largest absolute Gasteiger partial charge is 0.463 e. The number of esters is 1. The molecule has 0 radical (unpaired) electrons. The molecule has 0 spiro atoms. The van der Waals surface area contributed by atoms with Crippen LogP contribution in [0.5, 0.6) is 0 Å². The molecule has 0 saturated heterocycles. The highest BCUT2D eigenvalue weighted by Crippen LogP contribution is 1.79. The molecular weight excluding hydrogens is 134 g/mol. The zero-order valence-corrected chi connectivity index (χ0v) is 6.13. The predicted molar refractivity (Wildman–Crippen MR) is 36.5 cm³/mol. The summed E-state index contributed by atoms with van der Waals surface area (Å²) in [6.45, 7) is 2.99. The third-order valence-corrected chi connectivity index (χ3v) is 0.805. The highest BCUT2D eigenvalue weighted by molar-refractivity contribution is 5.70. The summed E-state index contributed by atoms with van der Waals surface area (Å²) in [5.41, 5.74) is 5.09. The van der Waals surface area contributed by atoms with E-state index in [2.05, 4.69) is 4.74 Å². The standard InChI is InChI=1S/C6H13NO3/c1-2-9-5-6(8)10-4-3-7/h2-5,7H2,1H3. The zero-order valence-electron chi connectivity index (χ0n) is 6.13. The summed E-state index contributed by atoms with van der Waals surface area (Å²) in [6.07, 6.45) is 0. The zero-order chi connectivity index (χ0) is 7.82. The Morgan fingerprint density at radius 3 is 2.80 bits per heavy atom. The van der Waals surface area contributed by atoms with Crippen LogP contribution in [0.15, 0.2) is 0 Å². The molecule has 0 bridgehead atoms. The van der Waals surface area contributed by atoms with Crippen molar-refractivity contribution >= 4 is 5.97 Å². The lowest BCUT2D eigenvalue weighted by Gasteiger charge is -2.01. The molecule has 0 aromatic rings. The van der Waals surface area contributed by atoms with E-state index in [0.29, 0.717) is 13.2 Å². The minimum Gasteiger partial charge on any atom is -0.463 e. The molecule has 0 saturated carbocycles. The van der Waals surface area contributed by atoms with Gasteiger partial charge in [0, 0.05) is 13.2 Å². The quantitative estimate of drug-likeness (QED) is 0.534. The summed E-state index contributed by atoms with van der Waals surface area (Å²) in [5, 5.41) is 0. The number of carbonyl (C=O) groups is 1. The number of rotatable bonds is 5. The van der Waals surface area contributed by atoms with Crippen molar-refractivity contribution in [3.8, 4) is 0 Å². The van der Waals surface area contributed by atoms with Gasteiger partial charge in [0.1, 0.15) is 13.2 Å². The highest BCUT2D eigenvalue weighted by atomic mass is 16.6. The van der Waals surface area contributed by atoms with Gasteiger partial charge < -0.3 is 15.2 Å². The molecule has 4 heteroatoms. The van der Waals surface area contributed by atoms with Gasteiger partial charge in [0.05, 0.1) is 0 Å². The van der Waals surface area contributed by atoms with Gasteiger partial charge >= 0.3 is 5.97 Å². The first-order chi connectivity index (χ1) is 4.81. The highest BCUT2D eigenvalue weighted by Gasteiger charge is 1.99. The van der Waals surface area contributed by atoms with Gasteiger partial charge in [-0.05, 0) is 6.92 Å². The van der Waals surface area contributed by atoms with Crippen LogP contribution in [0, 0.1) is 0 Å². The van der Waals surface area contributed by atoms with Crippen LogP contribution in [0.2, 0.25) is 0 Å². The fourth-order valence-corrected chi connectivity index (χ4v) is 0.400. The lowest BCUT2D eigenvalue weighted by molar-refractivity contribution is -0.148. The van der Waals surface area contributed by atoms with Gasteiger partial charge in [-0.2, -0.15) is 0 Å². The Balaban J connectivity index is 3.09. The topological polar surface area (TPSA) is 61.5 Å². The summed E-state index contributed by atoms with van der Waals surface area (Å²) in [7, 11) is 0. The second kappa shape index (κ2) is 6.51. The van der Waals surface area contributed by atoms with E-state index >= 15 is 0 Å². The Bertz CT molecular complexity index is 85.0. The minimum atomic E-state index is -0.354. The lowest BCUT2D eigenvalue weighted by Crippen LogP contribution is -2.17. The van der Waals surface area contributed by atoms with Crippen LogP contribution < -0.4 is 5.73 Å². The van der Waals surface area contributed by atoms with Crippen LogP contribution in [-0.4, -0.2) is 32.3 Å². The van der Waals surface area contributed by atoms with Crippen molar-refractivity contribution in [3.63, 3.8) is 0 Å². The van der Waals surface area contributed by atoms with E-state index in [1.54, 1.807) is 0 Å². The molecule has 0 atom stereocenters. The molecule has 0 aromatic heterocycles. The first-order valence-corrected chi connectivity index (χ1v) is 3.24. The summed E-state index contributed by atoms with van der Waals surface area (Å²) < 4.78 is 9.38. The Labute approximate surface area is 60.3 Å². The van der Waals surface area contributed by atoms with E-state index in [0.717, 1.165) is 0 Å². The van der Waals surface area contributed by atoms with Gasteiger partial charge in [-0.25, -0.2) is 4.79 Å². The third-order valence-electron chi connectivity index (χ3n) is 0.805. The molecule has 0 aliphatic carbocycles. The summed E-state index contributed by atoms with van der Waals surface area (Å²) in [4.78, 5) is 10.6. The molecule has 0 aromatic carbocycles. The van der Waals surface area contributed by atoms with Gasteiger partial charge in [-0.3, -0.25) is 0 Å². The summed E-state index contributed by atoms with van der Waals surface area (Å²) in [6, 6.07) is 0. The molecule has 0 amide bonds. The number of hydrogen-bond acceptors (Lipinski definition) is 4. The van der Waals surface area contributed by atoms with Crippen LogP contribution in [0.3, 0.4) is 0 Å². The van der Waals surface area contributed by atoms with E-state index in [1.165, 1.54) is 0 Å². The van der Waals surface area contributed by atoms with Crippen molar-refractivity contribution in [2.75, 3.05) is 26.4 Å². The monoisotopic (exact) mass is 147 g/mol. The smallest absolute Gasteiger partial charge is 0.332 e. The average Bonchev–Trinajstić information content (AvgIpc) is 1.97. The number of hydrogen-bond donors (Lipinski definition) is 1. The lowest BCUT2D eigenvalue weighted by atomic mass is 10.7. The normalized spacial score (nSPS) is 9.40. The summed E-state index contributed by atoms with van der Waals surface area (Å²) in [5.74, 6) is -0.354. The van der Waals surface area contributed by atoms with Gasteiger partial charge in [-0.15, -0.1) is 0 Å². The third kappa shape index (κ3) is 5.53. The summed E-state index contributed by atoms with van der Waals surface area (Å²) >= 11 is 0. The maximum Gasteiger partial charge on any atom is 0.332 e. The molecule has 60 valence electrons. The van der Waals surface area contributed by atoms with Crippen molar-refractivity contribution in [1.29, 1.82) is 0 Å². The fourth-order valence-electron chi connectivity index (χ4n) is 0.400. The van der Waals surface area contributed by atoms with Gasteiger partial charge in [0.25, 0.3) is 0 Å². The molecule has 2 N–H and O–H groups in total. The van der Waals surface area contributed by atoms with Crippen LogP contribution >= 0.6 is 0 Å². The first kappa shape index (κ1) is 9.39. The van der Waals surface area contributed by atoms with Gasteiger partial charge in [-0.1, -0.05) is 0 Å². The molecule has 0 rings (SSSR count). The molecule has 4 nitrogen and oxygen atoms in total. The Morgan fingerprint density at radius 2 is 2.30 bits per heavy atom. The van der Waals surface area contributed by atoms with E-state index in [1.807, 2.05) is 6.92 Å². The number of carbonyl (C=O) groups excluding carboxylic acids is 1. The fraction of sp³-hybridized carbons (Fsp3) is 0.833. The van der Waals surface area contributed by atoms with Crippen LogP contribution in [-0.2, 0) is 14.3 Å². The Hall–Kier alpha value is -0.610. The molecule has 10 heavy (non-hydrogen) atoms. The van der Waals surface area contributed by atoms with Crippen molar-refractivity contribution in [2.45, 2.75) is 6.92 Å². The van der Waals surface area contributed by atoms with E-state index in [-0.39, 0.29) is 19.2 Å². The van der Waals surface area contributed by atoms with Crippen molar-refractivity contribution in [3.05, 3.63) is 0 Å². The number of ether oxygens (including phenoxy) is 2. The maximum atomic E-state index is 10.6. The van der Waals surface area contributed by atoms with Crippen molar-refractivity contribution in [1.82, 2.24) is 0 Å². The Morgan fingerprint density at radius 1 is 1.60 bits per heavy atom. The molecule has 0 unspecified atom stereocenters. The van der Waals surface area contributed by atoms with Crippen LogP contribution in [0.25, 0.3) is 0 Å². The van der Waals surface area contributed by atoms with E-state index in [9.17, 15) is 4.79 Å². The van der Waals surface area contributed by atoms with Crippen LogP contribution in [0.4, 0.5) is 0 Å². The average molecular weight is 147 g/mol. The van der Waals surface area contributed by atoms with Gasteiger partial charge in [0.15, 0.2) is 0 Å². The number of nitrogens with two attached hydrogens (primary N) is 1. The molecular formula is C6H13NO3. The molecule has 0 aliphatic rings. The maximum absolute atomic E-state index is 10.6. The Kier molecular flexibility index (Phi) is 6.11. The molecule has 0 fully saturated rings. The molecule has 0 aliphatic heterocycles. The van der Waals surface area contributed by atoms with E-state index < -0.39 is 0 Å². The van der Waals surface area contributed by atoms with Gasteiger partial charge in [0.2, 0.25) is 0 Å². The predicted octanol–water partition coefficient (Wildman–Crippen LogP) is -0.475.